The highest BCUT2D eigenvalue weighted by molar-refractivity contribution is 5.20. The number of alkyl halides is 3. The summed E-state index contributed by atoms with van der Waals surface area (Å²) in [7, 11) is 0. The Hall–Kier alpha value is -1.07. The normalized spacial score (nSPS) is 15.4. The second-order valence-electron chi connectivity index (χ2n) is 4.19. The van der Waals surface area contributed by atoms with E-state index in [1.807, 2.05) is 0 Å². The standard InChI is InChI=1S/C13H18F3NO/c1-2-11(18)8-9-17-12(13(14,15)16)10-6-4-3-5-7-10/h3-7,11-12,17-18H,2,8-9H2,1H3. The first kappa shape index (κ1) is 15.0. The van der Waals surface area contributed by atoms with Gasteiger partial charge in [-0.05, 0) is 24.9 Å². The van der Waals surface area contributed by atoms with Gasteiger partial charge in [0, 0.05) is 0 Å². The SMILES string of the molecule is CCC(O)CCNC(c1ccccc1)C(F)(F)F. The van der Waals surface area contributed by atoms with Crippen molar-refractivity contribution in [2.75, 3.05) is 6.54 Å². The quantitative estimate of drug-likeness (QED) is 0.825. The van der Waals surface area contributed by atoms with Gasteiger partial charge < -0.3 is 10.4 Å². The molecule has 0 aromatic heterocycles. The van der Waals surface area contributed by atoms with Crippen molar-refractivity contribution in [3.05, 3.63) is 35.9 Å². The molecule has 2 atom stereocenters. The molecule has 1 aromatic carbocycles. The van der Waals surface area contributed by atoms with E-state index in [2.05, 4.69) is 5.32 Å². The zero-order valence-electron chi connectivity index (χ0n) is 10.2. The summed E-state index contributed by atoms with van der Waals surface area (Å²) in [6.07, 6.45) is -4.03. The van der Waals surface area contributed by atoms with Crippen molar-refractivity contribution in [3.8, 4) is 0 Å². The molecule has 0 aliphatic heterocycles. The first-order chi connectivity index (χ1) is 8.45. The highest BCUT2D eigenvalue weighted by atomic mass is 19.4. The Balaban J connectivity index is 2.64. The van der Waals surface area contributed by atoms with Gasteiger partial charge in [-0.1, -0.05) is 37.3 Å². The first-order valence-corrected chi connectivity index (χ1v) is 5.98. The summed E-state index contributed by atoms with van der Waals surface area (Å²) < 4.78 is 38.7. The van der Waals surface area contributed by atoms with E-state index in [1.54, 1.807) is 25.1 Å². The summed E-state index contributed by atoms with van der Waals surface area (Å²) >= 11 is 0. The van der Waals surface area contributed by atoms with Crippen molar-refractivity contribution in [2.24, 2.45) is 0 Å². The topological polar surface area (TPSA) is 32.3 Å². The number of hydrogen-bond acceptors (Lipinski definition) is 2. The number of halogens is 3. The molecule has 0 aliphatic carbocycles. The molecule has 0 radical (unpaired) electrons. The molecule has 5 heteroatoms. The van der Waals surface area contributed by atoms with Gasteiger partial charge in [-0.3, -0.25) is 0 Å². The molecule has 0 aliphatic rings. The highest BCUT2D eigenvalue weighted by Gasteiger charge is 2.40. The van der Waals surface area contributed by atoms with E-state index in [0.29, 0.717) is 12.8 Å². The van der Waals surface area contributed by atoms with Gasteiger partial charge in [0.05, 0.1) is 6.10 Å². The average Bonchev–Trinajstić information content (AvgIpc) is 2.33. The molecule has 102 valence electrons. The molecule has 2 nitrogen and oxygen atoms in total. The average molecular weight is 261 g/mol. The maximum absolute atomic E-state index is 12.9. The van der Waals surface area contributed by atoms with Crippen LogP contribution < -0.4 is 5.32 Å². The van der Waals surface area contributed by atoms with Gasteiger partial charge in [0.1, 0.15) is 6.04 Å². The molecular formula is C13H18F3NO. The summed E-state index contributed by atoms with van der Waals surface area (Å²) in [5, 5.41) is 11.8. The summed E-state index contributed by atoms with van der Waals surface area (Å²) in [5.74, 6) is 0. The third kappa shape index (κ3) is 4.66. The second-order valence-corrected chi connectivity index (χ2v) is 4.19. The summed E-state index contributed by atoms with van der Waals surface area (Å²) in [4.78, 5) is 0. The maximum atomic E-state index is 12.9. The van der Waals surface area contributed by atoms with Gasteiger partial charge in [0.15, 0.2) is 0 Å². The first-order valence-electron chi connectivity index (χ1n) is 5.98. The van der Waals surface area contributed by atoms with Crippen LogP contribution in [0, 0.1) is 0 Å². The molecule has 0 heterocycles. The number of rotatable bonds is 6. The van der Waals surface area contributed by atoms with Crippen LogP contribution in [0.5, 0.6) is 0 Å². The third-order valence-electron chi connectivity index (χ3n) is 2.76. The zero-order valence-corrected chi connectivity index (χ0v) is 10.2. The lowest BCUT2D eigenvalue weighted by atomic mass is 10.1. The fourth-order valence-electron chi connectivity index (χ4n) is 1.67. The Bertz CT molecular complexity index is 340. The number of aliphatic hydroxyl groups is 1. The van der Waals surface area contributed by atoms with Crippen LogP contribution in [0.3, 0.4) is 0 Å². The van der Waals surface area contributed by atoms with Crippen molar-refractivity contribution in [3.63, 3.8) is 0 Å². The molecule has 2 N–H and O–H groups in total. The fraction of sp³-hybridized carbons (Fsp3) is 0.538. The van der Waals surface area contributed by atoms with Crippen LogP contribution in [0.2, 0.25) is 0 Å². The van der Waals surface area contributed by atoms with E-state index >= 15 is 0 Å². The smallest absolute Gasteiger partial charge is 0.393 e. The van der Waals surface area contributed by atoms with E-state index in [0.717, 1.165) is 0 Å². The predicted octanol–water partition coefficient (Wildman–Crippen LogP) is 3.04. The van der Waals surface area contributed by atoms with Crippen LogP contribution in [0.4, 0.5) is 13.2 Å². The van der Waals surface area contributed by atoms with Gasteiger partial charge >= 0.3 is 6.18 Å². The number of aliphatic hydroxyl groups excluding tert-OH is 1. The number of benzene rings is 1. The third-order valence-corrected chi connectivity index (χ3v) is 2.76. The lowest BCUT2D eigenvalue weighted by Crippen LogP contribution is -2.35. The minimum atomic E-state index is -4.33. The van der Waals surface area contributed by atoms with Gasteiger partial charge in [-0.2, -0.15) is 13.2 Å². The molecule has 18 heavy (non-hydrogen) atoms. The van der Waals surface area contributed by atoms with Crippen LogP contribution in [0.15, 0.2) is 30.3 Å². The zero-order chi connectivity index (χ0) is 13.6. The van der Waals surface area contributed by atoms with E-state index in [-0.39, 0.29) is 12.1 Å². The number of nitrogens with one attached hydrogen (secondary N) is 1. The molecular weight excluding hydrogens is 243 g/mol. The second kappa shape index (κ2) is 6.75. The Morgan fingerprint density at radius 1 is 1.22 bits per heavy atom. The largest absolute Gasteiger partial charge is 0.407 e. The summed E-state index contributed by atoms with van der Waals surface area (Å²) in [5.41, 5.74) is 0.191. The van der Waals surface area contributed by atoms with Crippen LogP contribution in [0.25, 0.3) is 0 Å². The van der Waals surface area contributed by atoms with Gasteiger partial charge in [0.2, 0.25) is 0 Å². The highest BCUT2D eigenvalue weighted by Crippen LogP contribution is 2.32. The van der Waals surface area contributed by atoms with Gasteiger partial charge in [-0.25, -0.2) is 0 Å². The van der Waals surface area contributed by atoms with Crippen LogP contribution in [0.1, 0.15) is 31.4 Å². The van der Waals surface area contributed by atoms with Crippen molar-refractivity contribution in [2.45, 2.75) is 38.1 Å². The summed E-state index contributed by atoms with van der Waals surface area (Å²) in [6, 6.07) is 6.05. The molecule has 0 fully saturated rings. The lowest BCUT2D eigenvalue weighted by molar-refractivity contribution is -0.158. The monoisotopic (exact) mass is 261 g/mol. The molecule has 1 rings (SSSR count). The lowest BCUT2D eigenvalue weighted by Gasteiger charge is -2.22. The molecule has 2 unspecified atom stereocenters. The minimum Gasteiger partial charge on any atom is -0.393 e. The van der Waals surface area contributed by atoms with Crippen molar-refractivity contribution in [1.29, 1.82) is 0 Å². The Labute approximate surface area is 105 Å². The van der Waals surface area contributed by atoms with Crippen LogP contribution in [-0.2, 0) is 0 Å². The minimum absolute atomic E-state index is 0.133. The molecule has 0 saturated heterocycles. The van der Waals surface area contributed by atoms with Crippen molar-refractivity contribution < 1.29 is 18.3 Å². The molecule has 0 bridgehead atoms. The molecule has 0 amide bonds. The Kier molecular flexibility index (Phi) is 5.62. The van der Waals surface area contributed by atoms with Gasteiger partial charge in [-0.15, -0.1) is 0 Å². The van der Waals surface area contributed by atoms with Crippen molar-refractivity contribution >= 4 is 0 Å². The Morgan fingerprint density at radius 2 is 1.83 bits per heavy atom. The molecule has 0 spiro atoms. The number of hydrogen-bond donors (Lipinski definition) is 2. The van der Waals surface area contributed by atoms with E-state index in [4.69, 9.17) is 0 Å². The maximum Gasteiger partial charge on any atom is 0.407 e. The van der Waals surface area contributed by atoms with Crippen LogP contribution in [-0.4, -0.2) is 23.9 Å². The van der Waals surface area contributed by atoms with E-state index in [9.17, 15) is 18.3 Å². The fourth-order valence-corrected chi connectivity index (χ4v) is 1.67. The Morgan fingerprint density at radius 3 is 2.33 bits per heavy atom. The predicted molar refractivity (Wildman–Crippen MR) is 64.2 cm³/mol. The summed E-state index contributed by atoms with van der Waals surface area (Å²) in [6.45, 7) is 1.93. The van der Waals surface area contributed by atoms with Gasteiger partial charge in [0.25, 0.3) is 0 Å². The van der Waals surface area contributed by atoms with E-state index < -0.39 is 18.3 Å². The van der Waals surface area contributed by atoms with E-state index in [1.165, 1.54) is 12.1 Å². The van der Waals surface area contributed by atoms with Crippen LogP contribution >= 0.6 is 0 Å². The van der Waals surface area contributed by atoms with Crippen molar-refractivity contribution in [1.82, 2.24) is 5.32 Å². The molecule has 1 aromatic rings. The molecule has 0 saturated carbocycles.